The number of hydrogen-bond acceptors (Lipinski definition) is 4. The summed E-state index contributed by atoms with van der Waals surface area (Å²) in [5.41, 5.74) is 2.34. The summed E-state index contributed by atoms with van der Waals surface area (Å²) in [7, 11) is 5.74. The second-order valence-corrected chi connectivity index (χ2v) is 7.10. The van der Waals surface area contributed by atoms with Gasteiger partial charge >= 0.3 is 6.03 Å². The van der Waals surface area contributed by atoms with Gasteiger partial charge in [0.2, 0.25) is 5.91 Å². The molecule has 1 saturated heterocycles. The Morgan fingerprint density at radius 1 is 1.12 bits per heavy atom. The average Bonchev–Trinajstić information content (AvgIpc) is 2.62. The summed E-state index contributed by atoms with van der Waals surface area (Å²) in [4.78, 5) is 27.7. The normalized spacial score (nSPS) is 15.7. The number of nitrogens with one attached hydrogen (secondary N) is 3. The lowest BCUT2D eigenvalue weighted by atomic mass is 10.1. The number of likely N-dealkylation sites (N-methyl/N-ethyl adjacent to an activating group) is 1. The Morgan fingerprint density at radius 2 is 1.73 bits per heavy atom. The van der Waals surface area contributed by atoms with E-state index in [1.165, 1.54) is 5.56 Å². The molecule has 0 aliphatic carbocycles. The van der Waals surface area contributed by atoms with Crippen molar-refractivity contribution in [2.75, 3.05) is 40.8 Å². The van der Waals surface area contributed by atoms with Crippen molar-refractivity contribution in [3.63, 3.8) is 0 Å². The van der Waals surface area contributed by atoms with Gasteiger partial charge in [-0.25, -0.2) is 4.79 Å². The van der Waals surface area contributed by atoms with Crippen LogP contribution in [0, 0.1) is 0 Å². The summed E-state index contributed by atoms with van der Waals surface area (Å²) in [6, 6.07) is 8.33. The molecule has 1 aliphatic rings. The van der Waals surface area contributed by atoms with Gasteiger partial charge in [-0.2, -0.15) is 0 Å². The number of rotatable bonds is 7. The second-order valence-electron chi connectivity index (χ2n) is 7.10. The molecular weight excluding hydrogens is 330 g/mol. The second kappa shape index (κ2) is 10.1. The number of carbonyl (C=O) groups is 2. The average molecular weight is 361 g/mol. The first-order chi connectivity index (χ1) is 12.5. The van der Waals surface area contributed by atoms with Gasteiger partial charge in [-0.1, -0.05) is 24.3 Å². The van der Waals surface area contributed by atoms with Gasteiger partial charge in [-0.05, 0) is 38.1 Å². The largest absolute Gasteiger partial charge is 0.358 e. The van der Waals surface area contributed by atoms with E-state index < -0.39 is 0 Å². The lowest BCUT2D eigenvalue weighted by Crippen LogP contribution is -2.49. The van der Waals surface area contributed by atoms with Crippen molar-refractivity contribution in [2.24, 2.45) is 0 Å². The van der Waals surface area contributed by atoms with E-state index >= 15 is 0 Å². The van der Waals surface area contributed by atoms with Crippen LogP contribution in [0.25, 0.3) is 0 Å². The van der Waals surface area contributed by atoms with E-state index in [-0.39, 0.29) is 18.0 Å². The van der Waals surface area contributed by atoms with Crippen LogP contribution in [0.1, 0.15) is 24.0 Å². The fourth-order valence-electron chi connectivity index (χ4n) is 3.06. The third-order valence-electron chi connectivity index (χ3n) is 4.54. The molecule has 7 heteroatoms. The van der Waals surface area contributed by atoms with Crippen molar-refractivity contribution in [3.05, 3.63) is 35.4 Å². The van der Waals surface area contributed by atoms with Crippen molar-refractivity contribution in [1.29, 1.82) is 0 Å². The molecular formula is C19H31N5O2. The maximum absolute atomic E-state index is 12.1. The van der Waals surface area contributed by atoms with Gasteiger partial charge in [-0.15, -0.1) is 0 Å². The van der Waals surface area contributed by atoms with E-state index in [4.69, 9.17) is 0 Å². The fourth-order valence-corrected chi connectivity index (χ4v) is 3.06. The lowest BCUT2D eigenvalue weighted by Gasteiger charge is -2.31. The molecule has 1 aliphatic heterocycles. The highest BCUT2D eigenvalue weighted by Crippen LogP contribution is 2.10. The molecule has 144 valence electrons. The third-order valence-corrected chi connectivity index (χ3v) is 4.54. The molecule has 2 rings (SSSR count). The Morgan fingerprint density at radius 3 is 2.31 bits per heavy atom. The first-order valence-corrected chi connectivity index (χ1v) is 9.16. The zero-order valence-corrected chi connectivity index (χ0v) is 16.0. The Labute approximate surface area is 156 Å². The fraction of sp³-hybridized carbons (Fsp3) is 0.579. The molecule has 0 bridgehead atoms. The van der Waals surface area contributed by atoms with E-state index in [1.54, 1.807) is 7.05 Å². The van der Waals surface area contributed by atoms with Gasteiger partial charge in [0, 0.05) is 39.3 Å². The van der Waals surface area contributed by atoms with Crippen LogP contribution in [0.15, 0.2) is 24.3 Å². The van der Waals surface area contributed by atoms with Crippen LogP contribution >= 0.6 is 0 Å². The maximum atomic E-state index is 12.1. The summed E-state index contributed by atoms with van der Waals surface area (Å²) in [6.45, 7) is 3.51. The summed E-state index contributed by atoms with van der Waals surface area (Å²) in [6.07, 6.45) is 1.73. The highest BCUT2D eigenvalue weighted by Gasteiger charge is 2.21. The van der Waals surface area contributed by atoms with Crippen molar-refractivity contribution in [2.45, 2.75) is 32.0 Å². The number of benzene rings is 1. The van der Waals surface area contributed by atoms with Gasteiger partial charge < -0.3 is 20.9 Å². The SMILES string of the molecule is CNC(=O)CN1CCC(NC(=O)NCc2ccc(CN(C)C)cc2)CC1. The highest BCUT2D eigenvalue weighted by molar-refractivity contribution is 5.77. The van der Waals surface area contributed by atoms with Crippen molar-refractivity contribution in [3.8, 4) is 0 Å². The summed E-state index contributed by atoms with van der Waals surface area (Å²) in [5, 5.41) is 8.59. The molecule has 26 heavy (non-hydrogen) atoms. The van der Waals surface area contributed by atoms with Gasteiger partial charge in [-0.3, -0.25) is 9.69 Å². The number of likely N-dealkylation sites (tertiary alicyclic amines) is 1. The Balaban J connectivity index is 1.67. The van der Waals surface area contributed by atoms with Gasteiger partial charge in [0.15, 0.2) is 0 Å². The van der Waals surface area contributed by atoms with Crippen LogP contribution in [0.3, 0.4) is 0 Å². The molecule has 3 amide bonds. The van der Waals surface area contributed by atoms with Crippen LogP contribution in [-0.4, -0.2) is 68.6 Å². The first-order valence-electron chi connectivity index (χ1n) is 9.16. The quantitative estimate of drug-likeness (QED) is 0.670. The molecule has 1 fully saturated rings. The van der Waals surface area contributed by atoms with E-state index in [9.17, 15) is 9.59 Å². The molecule has 0 aromatic heterocycles. The summed E-state index contributed by atoms with van der Waals surface area (Å²) < 4.78 is 0. The molecule has 0 radical (unpaired) electrons. The molecule has 0 atom stereocenters. The molecule has 0 unspecified atom stereocenters. The van der Waals surface area contributed by atoms with Crippen molar-refractivity contribution >= 4 is 11.9 Å². The monoisotopic (exact) mass is 361 g/mol. The number of piperidine rings is 1. The van der Waals surface area contributed by atoms with E-state index in [2.05, 4.69) is 50.0 Å². The Hall–Kier alpha value is -2.12. The topological polar surface area (TPSA) is 76.7 Å². The minimum atomic E-state index is -0.132. The van der Waals surface area contributed by atoms with E-state index in [1.807, 2.05) is 14.1 Å². The molecule has 1 heterocycles. The summed E-state index contributed by atoms with van der Waals surface area (Å²) >= 11 is 0. The lowest BCUT2D eigenvalue weighted by molar-refractivity contribution is -0.122. The Kier molecular flexibility index (Phi) is 7.87. The predicted molar refractivity (Wildman–Crippen MR) is 103 cm³/mol. The predicted octanol–water partition coefficient (Wildman–Crippen LogP) is 0.758. The van der Waals surface area contributed by atoms with E-state index in [0.29, 0.717) is 13.1 Å². The number of nitrogens with zero attached hydrogens (tertiary/aromatic N) is 2. The number of amides is 3. The number of urea groups is 1. The molecule has 1 aromatic carbocycles. The first kappa shape index (κ1) is 20.2. The third kappa shape index (κ3) is 7.01. The van der Waals surface area contributed by atoms with E-state index in [0.717, 1.165) is 38.0 Å². The minimum absolute atomic E-state index is 0.0331. The standard InChI is InChI=1S/C19H31N5O2/c1-20-18(25)14-24-10-8-17(9-11-24)22-19(26)21-12-15-4-6-16(7-5-15)13-23(2)3/h4-7,17H,8-14H2,1-3H3,(H,20,25)(H2,21,22,26). The zero-order valence-electron chi connectivity index (χ0n) is 16.0. The van der Waals surface area contributed by atoms with Crippen LogP contribution in [0.4, 0.5) is 4.79 Å². The van der Waals surface area contributed by atoms with Gasteiger partial charge in [0.1, 0.15) is 0 Å². The van der Waals surface area contributed by atoms with Crippen LogP contribution in [-0.2, 0) is 17.9 Å². The number of hydrogen-bond donors (Lipinski definition) is 3. The zero-order chi connectivity index (χ0) is 18.9. The van der Waals surface area contributed by atoms with Crippen molar-refractivity contribution < 1.29 is 9.59 Å². The maximum Gasteiger partial charge on any atom is 0.315 e. The molecule has 0 spiro atoms. The van der Waals surface area contributed by atoms with Crippen molar-refractivity contribution in [1.82, 2.24) is 25.8 Å². The summed E-state index contributed by atoms with van der Waals surface area (Å²) in [5.74, 6) is 0.0331. The van der Waals surface area contributed by atoms with Crippen LogP contribution < -0.4 is 16.0 Å². The molecule has 7 nitrogen and oxygen atoms in total. The highest BCUT2D eigenvalue weighted by atomic mass is 16.2. The van der Waals surface area contributed by atoms with Crippen LogP contribution in [0.2, 0.25) is 0 Å². The van der Waals surface area contributed by atoms with Crippen LogP contribution in [0.5, 0.6) is 0 Å². The molecule has 0 saturated carbocycles. The molecule has 1 aromatic rings. The number of carbonyl (C=O) groups excluding carboxylic acids is 2. The Bertz CT molecular complexity index is 580. The smallest absolute Gasteiger partial charge is 0.315 e. The van der Waals surface area contributed by atoms with Gasteiger partial charge in [0.05, 0.1) is 6.54 Å². The van der Waals surface area contributed by atoms with Gasteiger partial charge in [0.25, 0.3) is 0 Å². The molecule has 3 N–H and O–H groups in total. The minimum Gasteiger partial charge on any atom is -0.358 e.